The Labute approximate surface area is 227 Å². The largest absolute Gasteiger partial charge is 0.411 e. The number of amides is 2. The highest BCUT2D eigenvalue weighted by Gasteiger charge is 2.72. The lowest BCUT2D eigenvalue weighted by Gasteiger charge is -2.38. The zero-order valence-electron chi connectivity index (χ0n) is 20.0. The fraction of sp³-hybridized carbons (Fsp3) is 0.440. The average Bonchev–Trinajstić information content (AvgIpc) is 2.78. The van der Waals surface area contributed by atoms with Crippen molar-refractivity contribution in [1.82, 2.24) is 0 Å². The number of alkyl halides is 6. The number of nitrogens with one attached hydrogen (secondary N) is 2. The van der Waals surface area contributed by atoms with E-state index < -0.39 is 40.7 Å². The van der Waals surface area contributed by atoms with Crippen LogP contribution in [0.2, 0.25) is 0 Å². The summed E-state index contributed by atoms with van der Waals surface area (Å²) in [6, 6.07) is 4.85. The van der Waals surface area contributed by atoms with Gasteiger partial charge < -0.3 is 10.6 Å². The number of halogens is 8. The lowest BCUT2D eigenvalue weighted by molar-refractivity contribution is -0.288. The number of rotatable bonds is 10. The van der Waals surface area contributed by atoms with Crippen LogP contribution >= 0.6 is 31.9 Å². The maximum Gasteiger partial charge on any atom is 0.411 e. The molecule has 12 heteroatoms. The van der Waals surface area contributed by atoms with Crippen LogP contribution in [0.3, 0.4) is 0 Å². The quantitative estimate of drug-likeness (QED) is 0.250. The molecule has 0 aromatic heterocycles. The molecule has 0 saturated carbocycles. The van der Waals surface area contributed by atoms with Crippen molar-refractivity contribution >= 4 is 55.0 Å². The van der Waals surface area contributed by atoms with E-state index in [1.54, 1.807) is 0 Å². The molecule has 2 rings (SSSR count). The lowest BCUT2D eigenvalue weighted by Crippen LogP contribution is -2.54. The Bertz CT molecular complexity index is 1030. The summed E-state index contributed by atoms with van der Waals surface area (Å²) in [4.78, 5) is 24.0. The molecule has 0 fully saturated rings. The minimum absolute atomic E-state index is 0.0504. The van der Waals surface area contributed by atoms with Gasteiger partial charge in [0.05, 0.1) is 11.4 Å². The van der Waals surface area contributed by atoms with Crippen molar-refractivity contribution in [3.63, 3.8) is 0 Å². The fourth-order valence-electron chi connectivity index (χ4n) is 3.78. The Morgan fingerprint density at radius 3 is 1.32 bits per heavy atom. The zero-order chi connectivity index (χ0) is 28.0. The molecule has 2 aromatic carbocycles. The van der Waals surface area contributed by atoms with Gasteiger partial charge in [-0.25, -0.2) is 0 Å². The van der Waals surface area contributed by atoms with Gasteiger partial charge in [-0.15, -0.1) is 0 Å². The van der Waals surface area contributed by atoms with E-state index in [0.717, 1.165) is 25.0 Å². The average molecular weight is 660 g/mol. The molecule has 0 spiro atoms. The van der Waals surface area contributed by atoms with Gasteiger partial charge in [0.15, 0.2) is 0 Å². The Morgan fingerprint density at radius 1 is 0.703 bits per heavy atom. The molecular weight excluding hydrogens is 634 g/mol. The van der Waals surface area contributed by atoms with E-state index >= 15 is 0 Å². The topological polar surface area (TPSA) is 58.2 Å². The Hall–Kier alpha value is -2.08. The van der Waals surface area contributed by atoms with Crippen LogP contribution in [0.15, 0.2) is 45.3 Å². The number of carbonyl (C=O) groups is 2. The van der Waals surface area contributed by atoms with Gasteiger partial charge in [0, 0.05) is 21.8 Å². The number of anilines is 2. The van der Waals surface area contributed by atoms with E-state index in [1.165, 1.54) is 0 Å². The zero-order valence-corrected chi connectivity index (χ0v) is 23.2. The van der Waals surface area contributed by atoms with Gasteiger partial charge in [0.1, 0.15) is 0 Å². The van der Waals surface area contributed by atoms with E-state index in [1.807, 2.05) is 13.8 Å². The Kier molecular flexibility index (Phi) is 10.6. The smallest absolute Gasteiger partial charge is 0.325 e. The van der Waals surface area contributed by atoms with Crippen molar-refractivity contribution in [2.24, 2.45) is 0 Å². The lowest BCUT2D eigenvalue weighted by atomic mass is 9.73. The molecule has 2 aromatic rings. The molecular formula is C25H26Br2F6N2O2. The molecule has 4 nitrogen and oxygen atoms in total. The number of carbonyl (C=O) groups excluding carboxylic acids is 2. The fourth-order valence-corrected chi connectivity index (χ4v) is 4.74. The third-order valence-electron chi connectivity index (χ3n) is 5.72. The van der Waals surface area contributed by atoms with Crippen LogP contribution < -0.4 is 10.6 Å². The molecule has 37 heavy (non-hydrogen) atoms. The summed E-state index contributed by atoms with van der Waals surface area (Å²) in [5, 5.41) is 4.99. The summed E-state index contributed by atoms with van der Waals surface area (Å²) in [5.74, 6) is -0.817. The van der Waals surface area contributed by atoms with Crippen LogP contribution in [0.25, 0.3) is 0 Å². The molecule has 2 amide bonds. The molecule has 0 aliphatic carbocycles. The minimum atomic E-state index is -5.79. The molecule has 0 radical (unpaired) electrons. The highest BCUT2D eigenvalue weighted by molar-refractivity contribution is 9.11. The third kappa shape index (κ3) is 7.07. The second kappa shape index (κ2) is 12.6. The molecule has 0 bridgehead atoms. The molecule has 0 heterocycles. The SMILES string of the molecule is CCCCC(=O)Nc1ccc(C(c2ccc(NC(=O)CCCC)c(Br)c2)(C(F)(F)F)C(F)(F)F)cc1Br. The van der Waals surface area contributed by atoms with Crippen molar-refractivity contribution < 1.29 is 35.9 Å². The van der Waals surface area contributed by atoms with E-state index in [0.29, 0.717) is 37.1 Å². The second-order valence-electron chi connectivity index (χ2n) is 8.44. The van der Waals surface area contributed by atoms with E-state index in [4.69, 9.17) is 0 Å². The van der Waals surface area contributed by atoms with Crippen molar-refractivity contribution in [2.45, 2.75) is 70.1 Å². The maximum atomic E-state index is 14.5. The van der Waals surface area contributed by atoms with Gasteiger partial charge in [-0.2, -0.15) is 26.3 Å². The van der Waals surface area contributed by atoms with Crippen molar-refractivity contribution in [1.29, 1.82) is 0 Å². The van der Waals surface area contributed by atoms with Crippen molar-refractivity contribution in [2.75, 3.05) is 10.6 Å². The Morgan fingerprint density at radius 2 is 1.05 bits per heavy atom. The molecule has 0 atom stereocenters. The van der Waals surface area contributed by atoms with Gasteiger partial charge in [0.25, 0.3) is 0 Å². The predicted octanol–water partition coefficient (Wildman–Crippen LogP) is 8.88. The summed E-state index contributed by atoms with van der Waals surface area (Å²) in [5.41, 5.74) is -6.46. The Balaban J connectivity index is 2.62. The summed E-state index contributed by atoms with van der Waals surface area (Å²) in [6.07, 6.45) is -8.62. The third-order valence-corrected chi connectivity index (χ3v) is 7.03. The van der Waals surface area contributed by atoms with Crippen LogP contribution in [0.4, 0.5) is 37.7 Å². The molecule has 0 aliphatic heterocycles. The maximum absolute atomic E-state index is 14.5. The molecule has 0 saturated heterocycles. The van der Waals surface area contributed by atoms with Gasteiger partial charge in [0.2, 0.25) is 17.2 Å². The van der Waals surface area contributed by atoms with Crippen LogP contribution in [0.5, 0.6) is 0 Å². The van der Waals surface area contributed by atoms with E-state index in [9.17, 15) is 35.9 Å². The van der Waals surface area contributed by atoms with Crippen LogP contribution in [0.1, 0.15) is 63.5 Å². The van der Waals surface area contributed by atoms with Gasteiger partial charge in [-0.3, -0.25) is 9.59 Å². The van der Waals surface area contributed by atoms with Gasteiger partial charge in [-0.1, -0.05) is 38.8 Å². The van der Waals surface area contributed by atoms with Crippen molar-refractivity contribution in [3.05, 3.63) is 56.5 Å². The van der Waals surface area contributed by atoms with Crippen LogP contribution in [-0.4, -0.2) is 24.2 Å². The van der Waals surface area contributed by atoms with Gasteiger partial charge >= 0.3 is 12.4 Å². The second-order valence-corrected chi connectivity index (χ2v) is 10.1. The summed E-state index contributed by atoms with van der Waals surface area (Å²) in [7, 11) is 0. The first-order chi connectivity index (χ1) is 17.2. The first-order valence-electron chi connectivity index (χ1n) is 11.5. The normalized spacial score (nSPS) is 12.4. The highest BCUT2D eigenvalue weighted by atomic mass is 79.9. The highest BCUT2D eigenvalue weighted by Crippen LogP contribution is 2.57. The van der Waals surface area contributed by atoms with Crippen molar-refractivity contribution in [3.8, 4) is 0 Å². The number of hydrogen-bond acceptors (Lipinski definition) is 2. The summed E-state index contributed by atoms with van der Waals surface area (Å²) in [6.45, 7) is 3.74. The van der Waals surface area contributed by atoms with Crippen LogP contribution in [-0.2, 0) is 15.0 Å². The number of unbranched alkanes of at least 4 members (excludes halogenated alkanes) is 2. The number of hydrogen-bond donors (Lipinski definition) is 2. The first-order valence-corrected chi connectivity index (χ1v) is 13.1. The van der Waals surface area contributed by atoms with Gasteiger partial charge in [-0.05, 0) is 80.1 Å². The van der Waals surface area contributed by atoms with E-state index in [2.05, 4.69) is 42.5 Å². The van der Waals surface area contributed by atoms with Crippen LogP contribution in [0, 0.1) is 0 Å². The minimum Gasteiger partial charge on any atom is -0.325 e. The molecule has 0 unspecified atom stereocenters. The predicted molar refractivity (Wildman–Crippen MR) is 137 cm³/mol. The number of benzene rings is 2. The molecule has 0 aliphatic rings. The summed E-state index contributed by atoms with van der Waals surface area (Å²) >= 11 is 6.02. The molecule has 204 valence electrons. The van der Waals surface area contributed by atoms with E-state index in [-0.39, 0.29) is 33.2 Å². The standard InChI is InChI=1S/C25H26Br2F6N2O2/c1-3-5-7-21(36)34-19-11-9-15(13-17(19)26)23(24(28,29)30,25(31,32)33)16-10-12-20(18(27)14-16)35-22(37)8-6-4-2/h9-14H,3-8H2,1-2H3,(H,34,36)(H,35,37). The molecule has 2 N–H and O–H groups in total. The first kappa shape index (κ1) is 31.1. The monoisotopic (exact) mass is 658 g/mol. The summed E-state index contributed by atoms with van der Waals surface area (Å²) < 4.78 is 86.8.